The van der Waals surface area contributed by atoms with Crippen molar-refractivity contribution in [2.45, 2.75) is 37.9 Å². The van der Waals surface area contributed by atoms with Crippen LogP contribution in [0.2, 0.25) is 0 Å². The van der Waals surface area contributed by atoms with Crippen LogP contribution < -0.4 is 0 Å². The maximum absolute atomic E-state index is 8.97. The third-order valence-electron chi connectivity index (χ3n) is 1.89. The van der Waals surface area contributed by atoms with Gasteiger partial charge < -0.3 is 14.6 Å². The highest BCUT2D eigenvalue weighted by atomic mass is 16.7. The standard InChI is InChI=1S/C6H10O3/c1-3-6-4(9-6)2-5(7)8-3/h3-7H,2H2,1H3/t3-,4+,5+,6-/m0/s1. The van der Waals surface area contributed by atoms with Crippen molar-refractivity contribution in [2.24, 2.45) is 0 Å². The number of epoxide rings is 1. The summed E-state index contributed by atoms with van der Waals surface area (Å²) < 4.78 is 10.2. The summed E-state index contributed by atoms with van der Waals surface area (Å²) in [5, 5.41) is 8.97. The molecule has 4 atom stereocenters. The monoisotopic (exact) mass is 130 g/mol. The quantitative estimate of drug-likeness (QED) is 0.465. The van der Waals surface area contributed by atoms with Crippen molar-refractivity contribution >= 4 is 0 Å². The molecule has 0 aliphatic carbocycles. The molecule has 1 N–H and O–H groups in total. The van der Waals surface area contributed by atoms with Gasteiger partial charge in [0.1, 0.15) is 6.10 Å². The molecule has 2 aliphatic heterocycles. The van der Waals surface area contributed by atoms with Crippen LogP contribution >= 0.6 is 0 Å². The molecule has 0 aromatic carbocycles. The third-order valence-corrected chi connectivity index (χ3v) is 1.89. The number of fused-ring (bicyclic) bond motifs is 1. The van der Waals surface area contributed by atoms with E-state index in [0.29, 0.717) is 6.42 Å². The Morgan fingerprint density at radius 3 is 2.89 bits per heavy atom. The molecule has 0 unspecified atom stereocenters. The van der Waals surface area contributed by atoms with E-state index in [-0.39, 0.29) is 18.3 Å². The Kier molecular flexibility index (Phi) is 1.06. The normalized spacial score (nSPS) is 56.7. The average Bonchev–Trinajstić information content (AvgIpc) is 2.43. The second-order valence-corrected chi connectivity index (χ2v) is 2.67. The number of rotatable bonds is 0. The van der Waals surface area contributed by atoms with Crippen LogP contribution in [0.3, 0.4) is 0 Å². The van der Waals surface area contributed by atoms with Crippen LogP contribution in [0.5, 0.6) is 0 Å². The van der Waals surface area contributed by atoms with Crippen molar-refractivity contribution in [3.8, 4) is 0 Å². The minimum absolute atomic E-state index is 0.0822. The summed E-state index contributed by atoms with van der Waals surface area (Å²) in [6.45, 7) is 1.92. The highest BCUT2D eigenvalue weighted by Crippen LogP contribution is 2.35. The topological polar surface area (TPSA) is 42.0 Å². The summed E-state index contributed by atoms with van der Waals surface area (Å²) in [6, 6.07) is 0. The summed E-state index contributed by atoms with van der Waals surface area (Å²) >= 11 is 0. The lowest BCUT2D eigenvalue weighted by Gasteiger charge is -2.19. The molecule has 2 rings (SSSR count). The van der Waals surface area contributed by atoms with Gasteiger partial charge in [0.2, 0.25) is 0 Å². The number of aliphatic hydroxyl groups excluding tert-OH is 1. The van der Waals surface area contributed by atoms with E-state index in [1.54, 1.807) is 0 Å². The van der Waals surface area contributed by atoms with Crippen molar-refractivity contribution in [1.29, 1.82) is 0 Å². The van der Waals surface area contributed by atoms with E-state index in [9.17, 15) is 0 Å². The molecule has 3 heteroatoms. The molecule has 52 valence electrons. The molecule has 0 aromatic heterocycles. The van der Waals surface area contributed by atoms with Gasteiger partial charge in [0.05, 0.1) is 12.2 Å². The molecule has 9 heavy (non-hydrogen) atoms. The number of aliphatic hydroxyl groups is 1. The van der Waals surface area contributed by atoms with Crippen molar-refractivity contribution in [3.05, 3.63) is 0 Å². The predicted molar refractivity (Wildman–Crippen MR) is 29.8 cm³/mol. The molecule has 0 radical (unpaired) electrons. The summed E-state index contributed by atoms with van der Waals surface area (Å²) in [5.41, 5.74) is 0. The number of ether oxygens (including phenoxy) is 2. The van der Waals surface area contributed by atoms with Crippen LogP contribution in [-0.4, -0.2) is 29.7 Å². The van der Waals surface area contributed by atoms with Crippen LogP contribution in [0.4, 0.5) is 0 Å². The Morgan fingerprint density at radius 2 is 2.22 bits per heavy atom. The molecule has 2 heterocycles. The molecule has 0 spiro atoms. The Balaban J connectivity index is 1.99. The number of hydrogen-bond donors (Lipinski definition) is 1. The Hall–Kier alpha value is -0.120. The van der Waals surface area contributed by atoms with Gasteiger partial charge in [-0.3, -0.25) is 0 Å². The highest BCUT2D eigenvalue weighted by molar-refractivity contribution is 4.93. The third kappa shape index (κ3) is 0.852. The zero-order valence-corrected chi connectivity index (χ0v) is 5.28. The van der Waals surface area contributed by atoms with Gasteiger partial charge >= 0.3 is 0 Å². The first-order valence-corrected chi connectivity index (χ1v) is 3.26. The molecule has 0 amide bonds. The largest absolute Gasteiger partial charge is 0.368 e. The van der Waals surface area contributed by atoms with Crippen molar-refractivity contribution in [1.82, 2.24) is 0 Å². The minimum Gasteiger partial charge on any atom is -0.368 e. The van der Waals surface area contributed by atoms with E-state index >= 15 is 0 Å². The van der Waals surface area contributed by atoms with Crippen LogP contribution in [0.15, 0.2) is 0 Å². The Morgan fingerprint density at radius 1 is 1.44 bits per heavy atom. The van der Waals surface area contributed by atoms with E-state index in [1.165, 1.54) is 0 Å². The van der Waals surface area contributed by atoms with Gasteiger partial charge in [0, 0.05) is 6.42 Å². The van der Waals surface area contributed by atoms with Crippen LogP contribution in [0.1, 0.15) is 13.3 Å². The lowest BCUT2D eigenvalue weighted by molar-refractivity contribution is -0.146. The van der Waals surface area contributed by atoms with Gasteiger partial charge in [-0.2, -0.15) is 0 Å². The van der Waals surface area contributed by atoms with Crippen LogP contribution in [0.25, 0.3) is 0 Å². The highest BCUT2D eigenvalue weighted by Gasteiger charge is 2.49. The van der Waals surface area contributed by atoms with Gasteiger partial charge in [0.15, 0.2) is 6.29 Å². The van der Waals surface area contributed by atoms with Crippen molar-refractivity contribution in [2.75, 3.05) is 0 Å². The maximum Gasteiger partial charge on any atom is 0.157 e. The molecule has 0 aromatic rings. The molecule has 0 saturated carbocycles. The lowest BCUT2D eigenvalue weighted by Crippen LogP contribution is -2.31. The van der Waals surface area contributed by atoms with E-state index in [0.717, 1.165) is 0 Å². The molecule has 2 fully saturated rings. The fourth-order valence-electron chi connectivity index (χ4n) is 1.34. The lowest BCUT2D eigenvalue weighted by atomic mass is 10.1. The van der Waals surface area contributed by atoms with E-state index in [1.807, 2.05) is 6.92 Å². The summed E-state index contributed by atoms with van der Waals surface area (Å²) in [6.07, 6.45) is 0.689. The zero-order valence-electron chi connectivity index (χ0n) is 5.28. The maximum atomic E-state index is 8.97. The SMILES string of the molecule is C[C@@H]1O[C@@H](O)C[C@H]2O[C@@H]12. The molecule has 0 bridgehead atoms. The van der Waals surface area contributed by atoms with E-state index in [4.69, 9.17) is 14.6 Å². The first-order chi connectivity index (χ1) is 4.27. The fraction of sp³-hybridized carbons (Fsp3) is 1.00. The van der Waals surface area contributed by atoms with Gasteiger partial charge in [-0.1, -0.05) is 0 Å². The Bertz CT molecular complexity index is 125. The zero-order chi connectivity index (χ0) is 6.43. The first kappa shape index (κ1) is 5.65. The van der Waals surface area contributed by atoms with Gasteiger partial charge in [-0.15, -0.1) is 0 Å². The van der Waals surface area contributed by atoms with Crippen molar-refractivity contribution in [3.63, 3.8) is 0 Å². The van der Waals surface area contributed by atoms with E-state index < -0.39 is 6.29 Å². The summed E-state index contributed by atoms with van der Waals surface area (Å²) in [4.78, 5) is 0. The average molecular weight is 130 g/mol. The first-order valence-electron chi connectivity index (χ1n) is 3.26. The molecule has 2 saturated heterocycles. The van der Waals surface area contributed by atoms with Crippen molar-refractivity contribution < 1.29 is 14.6 Å². The second kappa shape index (κ2) is 1.68. The smallest absolute Gasteiger partial charge is 0.157 e. The van der Waals surface area contributed by atoms with Gasteiger partial charge in [-0.25, -0.2) is 0 Å². The second-order valence-electron chi connectivity index (χ2n) is 2.67. The van der Waals surface area contributed by atoms with Gasteiger partial charge in [-0.05, 0) is 6.92 Å². The fourth-order valence-corrected chi connectivity index (χ4v) is 1.34. The van der Waals surface area contributed by atoms with Crippen LogP contribution in [-0.2, 0) is 9.47 Å². The summed E-state index contributed by atoms with van der Waals surface area (Å²) in [7, 11) is 0. The van der Waals surface area contributed by atoms with Gasteiger partial charge in [0.25, 0.3) is 0 Å². The van der Waals surface area contributed by atoms with Crippen LogP contribution in [0, 0.1) is 0 Å². The number of hydrogen-bond acceptors (Lipinski definition) is 3. The van der Waals surface area contributed by atoms with E-state index in [2.05, 4.69) is 0 Å². The molecular formula is C6H10O3. The molecule has 3 nitrogen and oxygen atoms in total. The summed E-state index contributed by atoms with van der Waals surface area (Å²) in [5.74, 6) is 0. The Labute approximate surface area is 53.6 Å². The molecule has 2 aliphatic rings. The molecular weight excluding hydrogens is 120 g/mol. The minimum atomic E-state index is -0.594. The predicted octanol–water partition coefficient (Wildman–Crippen LogP) is -0.119.